The molecule has 1 aromatic heterocycles. The maximum absolute atomic E-state index is 11.7. The van der Waals surface area contributed by atoms with E-state index in [0.29, 0.717) is 13.0 Å². The second-order valence-corrected chi connectivity index (χ2v) is 5.22. The minimum Gasteiger partial charge on any atom is -0.481 e. The smallest absolute Gasteiger partial charge is 0.315 e. The van der Waals surface area contributed by atoms with Crippen molar-refractivity contribution >= 4 is 23.3 Å². The zero-order valence-corrected chi connectivity index (χ0v) is 10.7. The number of hydrogen-bond acceptors (Lipinski definition) is 3. The minimum atomic E-state index is -0.823. The van der Waals surface area contributed by atoms with Gasteiger partial charge in [-0.3, -0.25) is 4.79 Å². The van der Waals surface area contributed by atoms with Crippen LogP contribution >= 0.6 is 11.3 Å². The van der Waals surface area contributed by atoms with Crippen molar-refractivity contribution in [1.82, 2.24) is 10.6 Å². The van der Waals surface area contributed by atoms with Crippen LogP contribution in [0.1, 0.15) is 24.8 Å². The fourth-order valence-corrected chi connectivity index (χ4v) is 2.89. The van der Waals surface area contributed by atoms with Gasteiger partial charge in [-0.25, -0.2) is 4.79 Å². The molecule has 3 N–H and O–H groups in total. The second kappa shape index (κ2) is 5.86. The molecule has 2 rings (SSSR count). The van der Waals surface area contributed by atoms with Crippen LogP contribution in [0.3, 0.4) is 0 Å². The molecule has 1 aromatic rings. The molecular formula is C12H16N2O3S. The van der Waals surface area contributed by atoms with Gasteiger partial charge >= 0.3 is 12.0 Å². The number of urea groups is 1. The first-order chi connectivity index (χ1) is 8.66. The van der Waals surface area contributed by atoms with Crippen LogP contribution in [0, 0.1) is 5.92 Å². The van der Waals surface area contributed by atoms with Gasteiger partial charge in [0.25, 0.3) is 0 Å². The Morgan fingerprint density at radius 1 is 1.44 bits per heavy atom. The van der Waals surface area contributed by atoms with Crippen LogP contribution in [-0.2, 0) is 11.3 Å². The van der Waals surface area contributed by atoms with E-state index in [-0.39, 0.29) is 12.1 Å². The first kappa shape index (κ1) is 12.9. The number of nitrogens with one attached hydrogen (secondary N) is 2. The molecule has 2 unspecified atom stereocenters. The van der Waals surface area contributed by atoms with Gasteiger partial charge in [-0.2, -0.15) is 11.3 Å². The molecular weight excluding hydrogens is 252 g/mol. The zero-order valence-electron chi connectivity index (χ0n) is 9.89. The number of amides is 2. The molecule has 5 nitrogen and oxygen atoms in total. The summed E-state index contributed by atoms with van der Waals surface area (Å²) >= 11 is 1.58. The van der Waals surface area contributed by atoms with Crippen molar-refractivity contribution in [2.75, 3.05) is 0 Å². The number of carboxylic acid groups (broad SMARTS) is 1. The van der Waals surface area contributed by atoms with Crippen LogP contribution in [0.15, 0.2) is 16.8 Å². The van der Waals surface area contributed by atoms with E-state index < -0.39 is 11.9 Å². The Labute approximate surface area is 109 Å². The molecule has 18 heavy (non-hydrogen) atoms. The molecule has 0 bridgehead atoms. The number of thiophene rings is 1. The van der Waals surface area contributed by atoms with Crippen molar-refractivity contribution in [1.29, 1.82) is 0 Å². The Balaban J connectivity index is 1.78. The Morgan fingerprint density at radius 2 is 2.28 bits per heavy atom. The van der Waals surface area contributed by atoms with Crippen LogP contribution < -0.4 is 10.6 Å². The fraction of sp³-hybridized carbons (Fsp3) is 0.500. The van der Waals surface area contributed by atoms with Gasteiger partial charge in [-0.05, 0) is 35.2 Å². The standard InChI is InChI=1S/C12H16N2O3S/c15-11(16)9-2-1-3-10(9)14-12(17)13-6-8-4-5-18-7-8/h4-5,7,9-10H,1-3,6H2,(H,15,16)(H2,13,14,17). The molecule has 2 amide bonds. The molecule has 1 heterocycles. The maximum Gasteiger partial charge on any atom is 0.315 e. The predicted octanol–water partition coefficient (Wildman–Crippen LogP) is 1.80. The molecule has 2 atom stereocenters. The molecule has 0 saturated heterocycles. The topological polar surface area (TPSA) is 78.4 Å². The molecule has 6 heteroatoms. The van der Waals surface area contributed by atoms with E-state index in [1.165, 1.54) is 0 Å². The van der Waals surface area contributed by atoms with Crippen molar-refractivity contribution in [3.63, 3.8) is 0 Å². The Morgan fingerprint density at radius 3 is 2.94 bits per heavy atom. The Kier molecular flexibility index (Phi) is 4.19. The van der Waals surface area contributed by atoms with E-state index in [0.717, 1.165) is 18.4 Å². The van der Waals surface area contributed by atoms with Crippen LogP contribution in [0.4, 0.5) is 4.79 Å². The van der Waals surface area contributed by atoms with Crippen LogP contribution in [0.2, 0.25) is 0 Å². The predicted molar refractivity (Wildman–Crippen MR) is 68.5 cm³/mol. The van der Waals surface area contributed by atoms with E-state index in [4.69, 9.17) is 5.11 Å². The van der Waals surface area contributed by atoms with Gasteiger partial charge in [0, 0.05) is 12.6 Å². The molecule has 1 saturated carbocycles. The van der Waals surface area contributed by atoms with Gasteiger partial charge in [0.05, 0.1) is 5.92 Å². The van der Waals surface area contributed by atoms with E-state index in [2.05, 4.69) is 10.6 Å². The molecule has 0 aromatic carbocycles. The van der Waals surface area contributed by atoms with Gasteiger partial charge < -0.3 is 15.7 Å². The molecule has 0 spiro atoms. The van der Waals surface area contributed by atoms with Crippen molar-refractivity contribution < 1.29 is 14.7 Å². The average Bonchev–Trinajstić information content (AvgIpc) is 2.96. The lowest BCUT2D eigenvalue weighted by Crippen LogP contribution is -2.45. The van der Waals surface area contributed by atoms with Crippen LogP contribution in [-0.4, -0.2) is 23.1 Å². The quantitative estimate of drug-likeness (QED) is 0.779. The third kappa shape index (κ3) is 3.22. The summed E-state index contributed by atoms with van der Waals surface area (Å²) in [5.41, 5.74) is 1.05. The van der Waals surface area contributed by atoms with Crippen LogP contribution in [0.25, 0.3) is 0 Å². The van der Waals surface area contributed by atoms with Gasteiger partial charge in [0.1, 0.15) is 0 Å². The fourth-order valence-electron chi connectivity index (χ4n) is 2.22. The van der Waals surface area contributed by atoms with Gasteiger partial charge in [-0.15, -0.1) is 0 Å². The summed E-state index contributed by atoms with van der Waals surface area (Å²) < 4.78 is 0. The summed E-state index contributed by atoms with van der Waals surface area (Å²) in [6.45, 7) is 0.472. The SMILES string of the molecule is O=C(NCc1ccsc1)NC1CCCC1C(=O)O. The summed E-state index contributed by atoms with van der Waals surface area (Å²) in [6, 6.07) is 1.41. The van der Waals surface area contributed by atoms with Crippen molar-refractivity contribution in [3.05, 3.63) is 22.4 Å². The van der Waals surface area contributed by atoms with E-state index in [9.17, 15) is 9.59 Å². The number of carboxylic acids is 1. The summed E-state index contributed by atoms with van der Waals surface area (Å²) in [5.74, 6) is -1.27. The van der Waals surface area contributed by atoms with E-state index in [1.807, 2.05) is 16.8 Å². The molecule has 1 aliphatic rings. The number of carbonyl (C=O) groups is 2. The Hall–Kier alpha value is -1.56. The molecule has 98 valence electrons. The lowest BCUT2D eigenvalue weighted by Gasteiger charge is -2.17. The number of rotatable bonds is 4. The number of carbonyl (C=O) groups excluding carboxylic acids is 1. The monoisotopic (exact) mass is 268 g/mol. The molecule has 0 radical (unpaired) electrons. The van der Waals surface area contributed by atoms with Crippen molar-refractivity contribution in [2.24, 2.45) is 5.92 Å². The number of aliphatic carboxylic acids is 1. The normalized spacial score (nSPS) is 22.7. The minimum absolute atomic E-state index is 0.245. The van der Waals surface area contributed by atoms with Gasteiger partial charge in [0.2, 0.25) is 0 Å². The van der Waals surface area contributed by atoms with Gasteiger partial charge in [0.15, 0.2) is 0 Å². The van der Waals surface area contributed by atoms with Crippen LogP contribution in [0.5, 0.6) is 0 Å². The lowest BCUT2D eigenvalue weighted by molar-refractivity contribution is -0.142. The largest absolute Gasteiger partial charge is 0.481 e. The highest BCUT2D eigenvalue weighted by atomic mass is 32.1. The third-order valence-electron chi connectivity index (χ3n) is 3.18. The first-order valence-electron chi connectivity index (χ1n) is 5.95. The van der Waals surface area contributed by atoms with E-state index >= 15 is 0 Å². The highest BCUT2D eigenvalue weighted by Crippen LogP contribution is 2.25. The first-order valence-corrected chi connectivity index (χ1v) is 6.89. The molecule has 0 aliphatic heterocycles. The summed E-state index contributed by atoms with van der Waals surface area (Å²) in [6.07, 6.45) is 2.24. The summed E-state index contributed by atoms with van der Waals surface area (Å²) in [4.78, 5) is 22.6. The van der Waals surface area contributed by atoms with E-state index in [1.54, 1.807) is 11.3 Å². The Bertz CT molecular complexity index is 419. The lowest BCUT2D eigenvalue weighted by atomic mass is 10.0. The third-order valence-corrected chi connectivity index (χ3v) is 3.91. The number of hydrogen-bond donors (Lipinski definition) is 3. The molecule has 1 fully saturated rings. The summed E-state index contributed by atoms with van der Waals surface area (Å²) in [7, 11) is 0. The maximum atomic E-state index is 11.7. The van der Waals surface area contributed by atoms with Crippen molar-refractivity contribution in [2.45, 2.75) is 31.8 Å². The molecule has 1 aliphatic carbocycles. The van der Waals surface area contributed by atoms with Gasteiger partial charge in [-0.1, -0.05) is 6.42 Å². The summed E-state index contributed by atoms with van der Waals surface area (Å²) in [5, 5.41) is 18.4. The zero-order chi connectivity index (χ0) is 13.0. The average molecular weight is 268 g/mol. The highest BCUT2D eigenvalue weighted by Gasteiger charge is 2.33. The highest BCUT2D eigenvalue weighted by molar-refractivity contribution is 7.07. The second-order valence-electron chi connectivity index (χ2n) is 4.44. The van der Waals surface area contributed by atoms with Crippen molar-refractivity contribution in [3.8, 4) is 0 Å².